The topological polar surface area (TPSA) is 56.2 Å². The van der Waals surface area contributed by atoms with Crippen molar-refractivity contribution >= 4 is 5.91 Å². The number of ether oxygens (including phenoxy) is 1. The number of carbonyl (C=O) groups excluding carboxylic acids is 1. The molecule has 1 atom stereocenters. The van der Waals surface area contributed by atoms with Crippen LogP contribution in [-0.2, 0) is 22.5 Å². The van der Waals surface area contributed by atoms with Gasteiger partial charge in [-0.15, -0.1) is 0 Å². The normalized spacial score (nSPS) is 18.4. The van der Waals surface area contributed by atoms with E-state index in [0.717, 1.165) is 56.8 Å². The van der Waals surface area contributed by atoms with E-state index in [4.69, 9.17) is 4.74 Å². The van der Waals surface area contributed by atoms with Gasteiger partial charge in [0.25, 0.3) is 0 Å². The minimum Gasteiger partial charge on any atom is -0.381 e. The maximum Gasteiger partial charge on any atom is 0.224 e. The first-order valence-corrected chi connectivity index (χ1v) is 7.56. The SMILES string of the molecule is CCCCn1ncc(CC(=O)NCC2CCOC2)c1C. The van der Waals surface area contributed by atoms with Crippen molar-refractivity contribution in [2.24, 2.45) is 5.92 Å². The molecule has 1 N–H and O–H groups in total. The lowest BCUT2D eigenvalue weighted by molar-refractivity contribution is -0.120. The van der Waals surface area contributed by atoms with Crippen molar-refractivity contribution in [3.8, 4) is 0 Å². The molecule has 1 aliphatic heterocycles. The third-order valence-electron chi connectivity index (χ3n) is 3.89. The first-order valence-electron chi connectivity index (χ1n) is 7.56. The van der Waals surface area contributed by atoms with Gasteiger partial charge >= 0.3 is 0 Å². The molecule has 1 amide bonds. The molecule has 0 aromatic carbocycles. The zero-order valence-electron chi connectivity index (χ0n) is 12.5. The molecule has 2 heterocycles. The van der Waals surface area contributed by atoms with Crippen LogP contribution in [0.1, 0.15) is 37.4 Å². The minimum atomic E-state index is 0.0787. The second-order valence-corrected chi connectivity index (χ2v) is 5.54. The van der Waals surface area contributed by atoms with Crippen molar-refractivity contribution in [2.45, 2.75) is 46.1 Å². The minimum absolute atomic E-state index is 0.0787. The van der Waals surface area contributed by atoms with Gasteiger partial charge in [0.05, 0.1) is 19.2 Å². The summed E-state index contributed by atoms with van der Waals surface area (Å²) in [5.41, 5.74) is 2.14. The van der Waals surface area contributed by atoms with Gasteiger partial charge < -0.3 is 10.1 Å². The van der Waals surface area contributed by atoms with E-state index in [1.807, 2.05) is 17.8 Å². The van der Waals surface area contributed by atoms with Gasteiger partial charge in [-0.1, -0.05) is 13.3 Å². The van der Waals surface area contributed by atoms with Crippen molar-refractivity contribution in [3.63, 3.8) is 0 Å². The van der Waals surface area contributed by atoms with Crippen LogP contribution in [0.15, 0.2) is 6.20 Å². The summed E-state index contributed by atoms with van der Waals surface area (Å²) in [5, 5.41) is 7.36. The van der Waals surface area contributed by atoms with E-state index in [2.05, 4.69) is 17.3 Å². The maximum absolute atomic E-state index is 12.0. The molecule has 1 saturated heterocycles. The first kappa shape index (κ1) is 15.0. The third-order valence-corrected chi connectivity index (χ3v) is 3.89. The lowest BCUT2D eigenvalue weighted by Gasteiger charge is -2.09. The predicted molar refractivity (Wildman–Crippen MR) is 77.5 cm³/mol. The molecular weight excluding hydrogens is 254 g/mol. The number of rotatable bonds is 7. The summed E-state index contributed by atoms with van der Waals surface area (Å²) in [5.74, 6) is 0.558. The fourth-order valence-corrected chi connectivity index (χ4v) is 2.43. The Labute approximate surface area is 120 Å². The third kappa shape index (κ3) is 4.07. The summed E-state index contributed by atoms with van der Waals surface area (Å²) in [6.07, 6.45) is 5.57. The molecule has 0 spiro atoms. The molecule has 2 rings (SSSR count). The first-order chi connectivity index (χ1) is 9.70. The smallest absolute Gasteiger partial charge is 0.224 e. The Morgan fingerprint density at radius 3 is 3.15 bits per heavy atom. The van der Waals surface area contributed by atoms with Gasteiger partial charge in [-0.05, 0) is 19.8 Å². The lowest BCUT2D eigenvalue weighted by Crippen LogP contribution is -2.30. The van der Waals surface area contributed by atoms with E-state index in [1.165, 1.54) is 0 Å². The second-order valence-electron chi connectivity index (χ2n) is 5.54. The molecule has 1 unspecified atom stereocenters. The highest BCUT2D eigenvalue weighted by atomic mass is 16.5. The van der Waals surface area contributed by atoms with Gasteiger partial charge in [0.2, 0.25) is 5.91 Å². The van der Waals surface area contributed by atoms with Crippen LogP contribution in [0.4, 0.5) is 0 Å². The Balaban J connectivity index is 1.79. The molecule has 5 heteroatoms. The monoisotopic (exact) mass is 279 g/mol. The zero-order valence-corrected chi connectivity index (χ0v) is 12.5. The number of carbonyl (C=O) groups is 1. The van der Waals surface area contributed by atoms with E-state index in [-0.39, 0.29) is 5.91 Å². The fraction of sp³-hybridized carbons (Fsp3) is 0.733. The highest BCUT2D eigenvalue weighted by molar-refractivity contribution is 5.78. The van der Waals surface area contributed by atoms with Crippen LogP contribution in [0.25, 0.3) is 0 Å². The molecule has 1 aromatic rings. The summed E-state index contributed by atoms with van der Waals surface area (Å²) in [6.45, 7) is 7.46. The number of nitrogens with one attached hydrogen (secondary N) is 1. The summed E-state index contributed by atoms with van der Waals surface area (Å²) in [6, 6.07) is 0. The van der Waals surface area contributed by atoms with E-state index in [1.54, 1.807) is 0 Å². The Kier molecular flexibility index (Phi) is 5.59. The molecule has 1 fully saturated rings. The van der Waals surface area contributed by atoms with Crippen molar-refractivity contribution in [1.29, 1.82) is 0 Å². The van der Waals surface area contributed by atoms with Crippen LogP contribution in [0.2, 0.25) is 0 Å². The van der Waals surface area contributed by atoms with Gasteiger partial charge in [0.1, 0.15) is 0 Å². The molecule has 112 valence electrons. The lowest BCUT2D eigenvalue weighted by atomic mass is 10.1. The highest BCUT2D eigenvalue weighted by Gasteiger charge is 2.17. The van der Waals surface area contributed by atoms with Crippen LogP contribution in [0, 0.1) is 12.8 Å². The molecule has 1 aromatic heterocycles. The molecule has 5 nitrogen and oxygen atoms in total. The summed E-state index contributed by atoms with van der Waals surface area (Å²) in [7, 11) is 0. The van der Waals surface area contributed by atoms with E-state index < -0.39 is 0 Å². The summed E-state index contributed by atoms with van der Waals surface area (Å²) < 4.78 is 7.30. The predicted octanol–water partition coefficient (Wildman–Crippen LogP) is 1.69. The van der Waals surface area contributed by atoms with Gasteiger partial charge in [0, 0.05) is 36.9 Å². The molecule has 0 saturated carbocycles. The number of hydrogen-bond donors (Lipinski definition) is 1. The zero-order chi connectivity index (χ0) is 14.4. The van der Waals surface area contributed by atoms with Crippen molar-refractivity contribution in [3.05, 3.63) is 17.5 Å². The van der Waals surface area contributed by atoms with Gasteiger partial charge in [0.15, 0.2) is 0 Å². The van der Waals surface area contributed by atoms with E-state index in [0.29, 0.717) is 12.3 Å². The molecule has 1 aliphatic rings. The molecule has 0 bridgehead atoms. The standard InChI is InChI=1S/C15H25N3O2/c1-3-4-6-18-12(2)14(10-17-18)8-15(19)16-9-13-5-7-20-11-13/h10,13H,3-9,11H2,1-2H3,(H,16,19). The van der Waals surface area contributed by atoms with E-state index >= 15 is 0 Å². The summed E-state index contributed by atoms with van der Waals surface area (Å²) in [4.78, 5) is 12.0. The average Bonchev–Trinajstić information content (AvgIpc) is 3.06. The van der Waals surface area contributed by atoms with Gasteiger partial charge in [-0.2, -0.15) is 5.10 Å². The average molecular weight is 279 g/mol. The van der Waals surface area contributed by atoms with Crippen LogP contribution in [-0.4, -0.2) is 35.4 Å². The Morgan fingerprint density at radius 1 is 1.60 bits per heavy atom. The maximum atomic E-state index is 12.0. The van der Waals surface area contributed by atoms with Crippen LogP contribution in [0.3, 0.4) is 0 Å². The van der Waals surface area contributed by atoms with Gasteiger partial charge in [-0.25, -0.2) is 0 Å². The second kappa shape index (κ2) is 7.43. The van der Waals surface area contributed by atoms with Crippen molar-refractivity contribution in [1.82, 2.24) is 15.1 Å². The quantitative estimate of drug-likeness (QED) is 0.826. The number of nitrogens with zero attached hydrogens (tertiary/aromatic N) is 2. The van der Waals surface area contributed by atoms with Crippen LogP contribution in [0.5, 0.6) is 0 Å². The van der Waals surface area contributed by atoms with E-state index in [9.17, 15) is 4.79 Å². The van der Waals surface area contributed by atoms with Crippen molar-refractivity contribution < 1.29 is 9.53 Å². The highest BCUT2D eigenvalue weighted by Crippen LogP contribution is 2.12. The fourth-order valence-electron chi connectivity index (χ4n) is 2.43. The number of amides is 1. The number of hydrogen-bond acceptors (Lipinski definition) is 3. The number of aromatic nitrogens is 2. The largest absolute Gasteiger partial charge is 0.381 e. The van der Waals surface area contributed by atoms with Crippen LogP contribution >= 0.6 is 0 Å². The summed E-state index contributed by atoms with van der Waals surface area (Å²) >= 11 is 0. The number of unbranched alkanes of at least 4 members (excludes halogenated alkanes) is 1. The number of aryl methyl sites for hydroxylation is 1. The molecule has 0 radical (unpaired) electrons. The Hall–Kier alpha value is -1.36. The molecule has 0 aliphatic carbocycles. The van der Waals surface area contributed by atoms with Crippen LogP contribution < -0.4 is 5.32 Å². The molecule has 20 heavy (non-hydrogen) atoms. The molecular formula is C15H25N3O2. The van der Waals surface area contributed by atoms with Gasteiger partial charge in [-0.3, -0.25) is 9.48 Å². The Morgan fingerprint density at radius 2 is 2.45 bits per heavy atom. The Bertz CT molecular complexity index is 436. The van der Waals surface area contributed by atoms with Crippen molar-refractivity contribution in [2.75, 3.05) is 19.8 Å².